The fourth-order valence-corrected chi connectivity index (χ4v) is 7.41. The molecule has 1 aromatic heterocycles. The molecule has 4 aromatic carbocycles. The van der Waals surface area contributed by atoms with Crippen LogP contribution in [0.1, 0.15) is 56.7 Å². The third kappa shape index (κ3) is 7.90. The Morgan fingerprint density at radius 2 is 1.49 bits per heavy atom. The predicted molar refractivity (Wildman–Crippen MR) is 202 cm³/mol. The first-order valence-corrected chi connectivity index (χ1v) is 18.5. The number of fused-ring (bicyclic) bond motifs is 1. The second-order valence-electron chi connectivity index (χ2n) is 12.7. The van der Waals surface area contributed by atoms with Gasteiger partial charge in [0, 0.05) is 45.7 Å². The summed E-state index contributed by atoms with van der Waals surface area (Å²) < 4.78 is 33.7. The van der Waals surface area contributed by atoms with Crippen molar-refractivity contribution in [1.82, 2.24) is 9.71 Å². The van der Waals surface area contributed by atoms with E-state index < -0.39 is 15.9 Å². The molecule has 2 amide bonds. The van der Waals surface area contributed by atoms with Crippen molar-refractivity contribution in [2.24, 2.45) is 0 Å². The van der Waals surface area contributed by atoms with Crippen LogP contribution in [0.25, 0.3) is 16.7 Å². The molecule has 10 heteroatoms. The second-order valence-corrected chi connectivity index (χ2v) is 14.8. The Morgan fingerprint density at radius 3 is 2.18 bits per heavy atom. The summed E-state index contributed by atoms with van der Waals surface area (Å²) in [5.74, 6) is -0.263. The van der Waals surface area contributed by atoms with Crippen molar-refractivity contribution < 1.29 is 22.7 Å². The van der Waals surface area contributed by atoms with Crippen molar-refractivity contribution in [3.05, 3.63) is 147 Å². The average molecular weight is 720 g/mol. The molecule has 0 fully saturated rings. The fraction of sp³-hybridized carbons (Fsp3) is 0.195. The molecular weight excluding hydrogens is 682 g/mol. The zero-order valence-electron chi connectivity index (χ0n) is 28.8. The molecular formula is C41H38ClN3O5S. The van der Waals surface area contributed by atoms with Crippen LogP contribution in [0.4, 0.5) is 5.69 Å². The zero-order valence-corrected chi connectivity index (χ0v) is 30.4. The number of ether oxygens (including phenoxy) is 1. The van der Waals surface area contributed by atoms with Gasteiger partial charge >= 0.3 is 0 Å². The van der Waals surface area contributed by atoms with Gasteiger partial charge in [-0.05, 0) is 129 Å². The van der Waals surface area contributed by atoms with E-state index in [-0.39, 0.29) is 16.4 Å². The number of aryl methyl sites for hydroxylation is 4. The van der Waals surface area contributed by atoms with Crippen LogP contribution in [-0.2, 0) is 21.2 Å². The molecule has 2 N–H and O–H groups in total. The molecule has 0 unspecified atom stereocenters. The maximum absolute atomic E-state index is 14.0. The number of benzene rings is 4. The van der Waals surface area contributed by atoms with Gasteiger partial charge in [-0.25, -0.2) is 13.1 Å². The summed E-state index contributed by atoms with van der Waals surface area (Å²) >= 11 is 6.34. The van der Waals surface area contributed by atoms with E-state index in [1.165, 1.54) is 24.3 Å². The summed E-state index contributed by atoms with van der Waals surface area (Å²) in [5.41, 5.74) is 10.1. The monoisotopic (exact) mass is 719 g/mol. The summed E-state index contributed by atoms with van der Waals surface area (Å²) in [4.78, 5) is 31.3. The molecule has 0 saturated heterocycles. The maximum atomic E-state index is 14.0. The molecule has 0 radical (unpaired) electrons. The Labute approximate surface area is 303 Å². The van der Waals surface area contributed by atoms with Crippen LogP contribution in [0.5, 0.6) is 5.75 Å². The zero-order chi connectivity index (χ0) is 36.3. The molecule has 6 rings (SSSR count). The van der Waals surface area contributed by atoms with E-state index in [4.69, 9.17) is 16.3 Å². The number of carbonyl (C=O) groups excluding carboxylic acids is 2. The van der Waals surface area contributed by atoms with E-state index in [1.54, 1.807) is 30.5 Å². The summed E-state index contributed by atoms with van der Waals surface area (Å²) in [7, 11) is -4.05. The SMILES string of the molecule is Cc1ccc(S(=O)(=O)NC(=O)c2ccc(NC(=O)C3=C(CCCOc4cc(C)c(Cl)c(C)c4)c4cccc(-c5cccnc5C)c4C3)cc2)cc1. The fourth-order valence-electron chi connectivity index (χ4n) is 6.33. The topological polar surface area (TPSA) is 114 Å². The van der Waals surface area contributed by atoms with E-state index in [9.17, 15) is 18.0 Å². The van der Waals surface area contributed by atoms with E-state index >= 15 is 0 Å². The van der Waals surface area contributed by atoms with Gasteiger partial charge in [0.25, 0.3) is 21.8 Å². The standard InChI is InChI=1S/C41H38ClN3O5S/c1-25-12-18-32(19-13-25)51(48,49)45-40(46)29-14-16-30(17-15-29)44-41(47)38-24-37-34(33-10-6-20-43-28(33)4)8-5-9-35(37)36(38)11-7-21-50-31-22-26(2)39(42)27(3)23-31/h5-6,8-10,12-20,22-23H,7,11,21,24H2,1-4H3,(H,44,47)(H,45,46). The number of hydrogen-bond acceptors (Lipinski definition) is 6. The second kappa shape index (κ2) is 14.9. The lowest BCUT2D eigenvalue weighted by Crippen LogP contribution is -2.30. The third-order valence-electron chi connectivity index (χ3n) is 9.00. The van der Waals surface area contributed by atoms with Crippen LogP contribution in [0.3, 0.4) is 0 Å². The van der Waals surface area contributed by atoms with Crippen LogP contribution in [-0.4, -0.2) is 31.8 Å². The Morgan fingerprint density at radius 1 is 0.824 bits per heavy atom. The molecule has 1 aliphatic carbocycles. The number of hydrogen-bond donors (Lipinski definition) is 2. The lowest BCUT2D eigenvalue weighted by molar-refractivity contribution is -0.112. The number of allylic oxidation sites excluding steroid dienone is 1. The van der Waals surface area contributed by atoms with Crippen molar-refractivity contribution in [2.45, 2.75) is 51.9 Å². The predicted octanol–water partition coefficient (Wildman–Crippen LogP) is 8.56. The van der Waals surface area contributed by atoms with Gasteiger partial charge in [-0.1, -0.05) is 53.6 Å². The number of sulfonamides is 1. The highest BCUT2D eigenvalue weighted by Crippen LogP contribution is 2.42. The number of nitrogens with zero attached hydrogens (tertiary/aromatic N) is 1. The molecule has 0 saturated carbocycles. The average Bonchev–Trinajstić information content (AvgIpc) is 3.48. The highest BCUT2D eigenvalue weighted by atomic mass is 35.5. The van der Waals surface area contributed by atoms with E-state index in [0.717, 1.165) is 61.0 Å². The maximum Gasteiger partial charge on any atom is 0.264 e. The van der Waals surface area contributed by atoms with Crippen LogP contribution in [0.2, 0.25) is 5.02 Å². The molecule has 0 spiro atoms. The van der Waals surface area contributed by atoms with Crippen LogP contribution in [0.15, 0.2) is 108 Å². The summed E-state index contributed by atoms with van der Waals surface area (Å²) in [6.45, 7) is 8.19. The summed E-state index contributed by atoms with van der Waals surface area (Å²) in [5, 5.41) is 3.73. The van der Waals surface area contributed by atoms with Gasteiger partial charge in [0.2, 0.25) is 0 Å². The normalized spacial score (nSPS) is 12.4. The van der Waals surface area contributed by atoms with Gasteiger partial charge in [0.15, 0.2) is 0 Å². The summed E-state index contributed by atoms with van der Waals surface area (Å²) in [6, 6.07) is 26.3. The third-order valence-corrected chi connectivity index (χ3v) is 10.9. The first-order valence-electron chi connectivity index (χ1n) is 16.6. The number of rotatable bonds is 11. The van der Waals surface area contributed by atoms with Crippen molar-refractivity contribution in [1.29, 1.82) is 0 Å². The number of pyridine rings is 1. The highest BCUT2D eigenvalue weighted by molar-refractivity contribution is 7.90. The number of halogens is 1. The smallest absolute Gasteiger partial charge is 0.264 e. The molecule has 260 valence electrons. The number of nitrogens with one attached hydrogen (secondary N) is 2. The van der Waals surface area contributed by atoms with E-state index in [2.05, 4.69) is 27.2 Å². The molecule has 0 aliphatic heterocycles. The van der Waals surface area contributed by atoms with Gasteiger partial charge in [-0.2, -0.15) is 0 Å². The van der Waals surface area contributed by atoms with Crippen LogP contribution >= 0.6 is 11.6 Å². The van der Waals surface area contributed by atoms with Gasteiger partial charge in [-0.3, -0.25) is 14.6 Å². The van der Waals surface area contributed by atoms with E-state index in [1.807, 2.05) is 58.0 Å². The molecule has 0 bridgehead atoms. The lowest BCUT2D eigenvalue weighted by Gasteiger charge is -2.13. The minimum absolute atomic E-state index is 0.00412. The quantitative estimate of drug-likeness (QED) is 0.132. The van der Waals surface area contributed by atoms with Crippen LogP contribution < -0.4 is 14.8 Å². The first-order chi connectivity index (χ1) is 24.4. The Kier molecular flexibility index (Phi) is 10.4. The van der Waals surface area contributed by atoms with Gasteiger partial charge in [0.1, 0.15) is 5.75 Å². The van der Waals surface area contributed by atoms with Gasteiger partial charge in [-0.15, -0.1) is 0 Å². The lowest BCUT2D eigenvalue weighted by atomic mass is 9.93. The Bertz CT molecular complexity index is 2260. The van der Waals surface area contributed by atoms with Crippen molar-refractivity contribution >= 4 is 44.7 Å². The number of anilines is 1. The molecule has 8 nitrogen and oxygen atoms in total. The largest absolute Gasteiger partial charge is 0.494 e. The van der Waals surface area contributed by atoms with Gasteiger partial charge < -0.3 is 10.1 Å². The summed E-state index contributed by atoms with van der Waals surface area (Å²) in [6.07, 6.45) is 3.50. The first kappa shape index (κ1) is 35.6. The number of amides is 2. The Hall–Kier alpha value is -5.25. The van der Waals surface area contributed by atoms with Crippen LogP contribution in [0, 0.1) is 27.7 Å². The number of aromatic nitrogens is 1. The van der Waals surface area contributed by atoms with E-state index in [0.29, 0.717) is 37.1 Å². The van der Waals surface area contributed by atoms with Crippen molar-refractivity contribution in [2.75, 3.05) is 11.9 Å². The van der Waals surface area contributed by atoms with Crippen molar-refractivity contribution in [3.63, 3.8) is 0 Å². The molecule has 5 aromatic rings. The molecule has 1 heterocycles. The van der Waals surface area contributed by atoms with Crippen molar-refractivity contribution in [3.8, 4) is 16.9 Å². The minimum atomic E-state index is -4.05. The number of carbonyl (C=O) groups is 2. The Balaban J connectivity index is 1.21. The highest BCUT2D eigenvalue weighted by Gasteiger charge is 2.29. The molecule has 51 heavy (non-hydrogen) atoms. The van der Waals surface area contributed by atoms with Gasteiger partial charge in [0.05, 0.1) is 11.5 Å². The molecule has 1 aliphatic rings. The molecule has 0 atom stereocenters. The minimum Gasteiger partial charge on any atom is -0.494 e.